The summed E-state index contributed by atoms with van der Waals surface area (Å²) in [5.74, 6) is -10.6. The van der Waals surface area contributed by atoms with Gasteiger partial charge in [0, 0.05) is 11.3 Å². The number of para-hydroxylation sites is 2. The number of hydrogen-bond acceptors (Lipinski definition) is 2. The second-order valence-corrected chi connectivity index (χ2v) is 5.49. The van der Waals surface area contributed by atoms with Crippen LogP contribution in [-0.2, 0) is 0 Å². The molecule has 0 fully saturated rings. The highest BCUT2D eigenvalue weighted by Gasteiger charge is 2.32. The second-order valence-electron chi connectivity index (χ2n) is 5.49. The molecule has 134 valence electrons. The Balaban J connectivity index is 2.24. The highest BCUT2D eigenvalue weighted by Crippen LogP contribution is 2.37. The van der Waals surface area contributed by atoms with Crippen LogP contribution >= 0.6 is 0 Å². The minimum Gasteiger partial charge on any atom is -0.508 e. The predicted molar refractivity (Wildman–Crippen MR) is 86.2 cm³/mol. The van der Waals surface area contributed by atoms with Crippen LogP contribution in [0.25, 0.3) is 0 Å². The Morgan fingerprint density at radius 3 is 1.73 bits per heavy atom. The fraction of sp³-hybridized carbons (Fsp3) is 0.0526. The zero-order valence-electron chi connectivity index (χ0n) is 13.1. The molecule has 3 aromatic carbocycles. The predicted octanol–water partition coefficient (Wildman–Crippen LogP) is 5.29. The molecule has 0 aromatic heterocycles. The SMILES string of the molecule is Oc1ccccc1C(Nc1ccccc1)c1c(F)c(F)c(F)c(F)c1F. The molecular formula is C19H12F5NO. The van der Waals surface area contributed by atoms with Gasteiger partial charge >= 0.3 is 0 Å². The van der Waals surface area contributed by atoms with E-state index < -0.39 is 40.7 Å². The van der Waals surface area contributed by atoms with Gasteiger partial charge in [-0.25, -0.2) is 22.0 Å². The lowest BCUT2D eigenvalue weighted by molar-refractivity contribution is 0.367. The molecule has 0 aliphatic heterocycles. The number of anilines is 1. The first kappa shape index (κ1) is 17.7. The second kappa shape index (κ2) is 7.03. The Morgan fingerprint density at radius 2 is 1.15 bits per heavy atom. The Kier molecular flexibility index (Phi) is 4.79. The summed E-state index contributed by atoms with van der Waals surface area (Å²) in [5, 5.41) is 12.8. The van der Waals surface area contributed by atoms with Crippen LogP contribution < -0.4 is 5.32 Å². The summed E-state index contributed by atoms with van der Waals surface area (Å²) >= 11 is 0. The average molecular weight is 365 g/mol. The van der Waals surface area contributed by atoms with Crippen LogP contribution in [0.3, 0.4) is 0 Å². The van der Waals surface area contributed by atoms with Crippen molar-refractivity contribution in [3.8, 4) is 5.75 Å². The Bertz CT molecular complexity index is 917. The van der Waals surface area contributed by atoms with E-state index in [9.17, 15) is 27.1 Å². The van der Waals surface area contributed by atoms with E-state index in [2.05, 4.69) is 5.32 Å². The van der Waals surface area contributed by atoms with Gasteiger partial charge in [0.25, 0.3) is 0 Å². The molecule has 0 aliphatic rings. The number of phenolic OH excluding ortho intramolecular Hbond substituents is 1. The molecule has 0 aliphatic carbocycles. The van der Waals surface area contributed by atoms with Crippen molar-refractivity contribution in [2.24, 2.45) is 0 Å². The van der Waals surface area contributed by atoms with Gasteiger partial charge in [-0.1, -0.05) is 36.4 Å². The van der Waals surface area contributed by atoms with Crippen molar-refractivity contribution in [1.29, 1.82) is 0 Å². The van der Waals surface area contributed by atoms with E-state index in [1.807, 2.05) is 0 Å². The normalized spacial score (nSPS) is 12.0. The zero-order valence-corrected chi connectivity index (χ0v) is 13.1. The van der Waals surface area contributed by atoms with Gasteiger partial charge in [-0.15, -0.1) is 0 Å². The molecule has 7 heteroatoms. The average Bonchev–Trinajstić information content (AvgIpc) is 2.65. The van der Waals surface area contributed by atoms with Gasteiger partial charge < -0.3 is 10.4 Å². The molecule has 2 nitrogen and oxygen atoms in total. The van der Waals surface area contributed by atoms with Crippen LogP contribution in [0.1, 0.15) is 17.2 Å². The van der Waals surface area contributed by atoms with Gasteiger partial charge in [0.2, 0.25) is 5.82 Å². The third-order valence-electron chi connectivity index (χ3n) is 3.86. The molecule has 2 N–H and O–H groups in total. The van der Waals surface area contributed by atoms with Crippen LogP contribution in [-0.4, -0.2) is 5.11 Å². The molecule has 3 rings (SSSR count). The lowest BCUT2D eigenvalue weighted by Crippen LogP contribution is -2.19. The van der Waals surface area contributed by atoms with E-state index in [-0.39, 0.29) is 11.3 Å². The van der Waals surface area contributed by atoms with E-state index >= 15 is 0 Å². The summed E-state index contributed by atoms with van der Waals surface area (Å²) in [4.78, 5) is 0. The van der Waals surface area contributed by atoms with Gasteiger partial charge in [-0.2, -0.15) is 0 Å². The number of nitrogens with one attached hydrogen (secondary N) is 1. The molecule has 0 radical (unpaired) electrons. The number of phenols is 1. The standard InChI is InChI=1S/C19H12F5NO/c20-14-13(15(21)17(23)18(24)16(14)22)19(11-8-4-5-9-12(11)26)25-10-6-2-1-3-7-10/h1-9,19,25-26H. The quantitative estimate of drug-likeness (QED) is 0.374. The fourth-order valence-corrected chi connectivity index (χ4v) is 2.61. The van der Waals surface area contributed by atoms with Gasteiger partial charge in [-0.3, -0.25) is 0 Å². The van der Waals surface area contributed by atoms with Crippen molar-refractivity contribution >= 4 is 5.69 Å². The summed E-state index contributed by atoms with van der Waals surface area (Å²) in [5.41, 5.74) is -0.754. The summed E-state index contributed by atoms with van der Waals surface area (Å²) in [6.07, 6.45) is 0. The van der Waals surface area contributed by atoms with E-state index in [4.69, 9.17) is 0 Å². The lowest BCUT2D eigenvalue weighted by Gasteiger charge is -2.23. The van der Waals surface area contributed by atoms with Crippen molar-refractivity contribution in [2.45, 2.75) is 6.04 Å². The third kappa shape index (κ3) is 3.08. The minimum absolute atomic E-state index is 0.0421. The van der Waals surface area contributed by atoms with Crippen molar-refractivity contribution in [3.63, 3.8) is 0 Å². The maximum Gasteiger partial charge on any atom is 0.200 e. The van der Waals surface area contributed by atoms with Crippen LogP contribution in [0.15, 0.2) is 54.6 Å². The lowest BCUT2D eigenvalue weighted by atomic mass is 9.95. The first-order valence-corrected chi connectivity index (χ1v) is 7.52. The van der Waals surface area contributed by atoms with Crippen molar-refractivity contribution in [3.05, 3.63) is 94.8 Å². The zero-order chi connectivity index (χ0) is 18.8. The molecule has 1 atom stereocenters. The van der Waals surface area contributed by atoms with Crippen molar-refractivity contribution in [1.82, 2.24) is 0 Å². The number of rotatable bonds is 4. The van der Waals surface area contributed by atoms with Gasteiger partial charge in [0.05, 0.1) is 11.6 Å². The maximum absolute atomic E-state index is 14.3. The fourth-order valence-electron chi connectivity index (χ4n) is 2.61. The number of hydrogen-bond donors (Lipinski definition) is 2. The van der Waals surface area contributed by atoms with Gasteiger partial charge in [0.1, 0.15) is 5.75 Å². The summed E-state index contributed by atoms with van der Waals surface area (Å²) in [6.45, 7) is 0. The highest BCUT2D eigenvalue weighted by atomic mass is 19.2. The topological polar surface area (TPSA) is 32.3 Å². The largest absolute Gasteiger partial charge is 0.508 e. The number of benzene rings is 3. The monoisotopic (exact) mass is 365 g/mol. The minimum atomic E-state index is -2.24. The Labute approximate surface area is 145 Å². The maximum atomic E-state index is 14.3. The Hall–Kier alpha value is -3.09. The molecule has 0 bridgehead atoms. The molecule has 0 spiro atoms. The summed E-state index contributed by atoms with van der Waals surface area (Å²) in [7, 11) is 0. The highest BCUT2D eigenvalue weighted by molar-refractivity contribution is 5.52. The first-order chi connectivity index (χ1) is 12.4. The summed E-state index contributed by atoms with van der Waals surface area (Å²) in [6, 6.07) is 12.1. The molecule has 3 aromatic rings. The van der Waals surface area contributed by atoms with E-state index in [1.54, 1.807) is 30.3 Å². The number of halogens is 5. The Morgan fingerprint density at radius 1 is 0.654 bits per heavy atom. The van der Waals surface area contributed by atoms with Gasteiger partial charge in [0.15, 0.2) is 23.3 Å². The molecule has 1 unspecified atom stereocenters. The van der Waals surface area contributed by atoms with Crippen LogP contribution in [0.5, 0.6) is 5.75 Å². The first-order valence-electron chi connectivity index (χ1n) is 7.52. The third-order valence-corrected chi connectivity index (χ3v) is 3.86. The van der Waals surface area contributed by atoms with Crippen molar-refractivity contribution < 1.29 is 27.1 Å². The van der Waals surface area contributed by atoms with Crippen LogP contribution in [0.2, 0.25) is 0 Å². The van der Waals surface area contributed by atoms with E-state index in [1.165, 1.54) is 24.3 Å². The van der Waals surface area contributed by atoms with Gasteiger partial charge in [-0.05, 0) is 18.2 Å². The summed E-state index contributed by atoms with van der Waals surface area (Å²) < 4.78 is 69.4. The van der Waals surface area contributed by atoms with E-state index in [0.29, 0.717) is 5.69 Å². The molecule has 0 amide bonds. The van der Waals surface area contributed by atoms with Crippen LogP contribution in [0.4, 0.5) is 27.6 Å². The van der Waals surface area contributed by atoms with Crippen molar-refractivity contribution in [2.75, 3.05) is 5.32 Å². The number of aromatic hydroxyl groups is 1. The molecule has 0 saturated heterocycles. The molecule has 0 saturated carbocycles. The van der Waals surface area contributed by atoms with Crippen LogP contribution in [0, 0.1) is 29.1 Å². The van der Waals surface area contributed by atoms with E-state index in [0.717, 1.165) is 0 Å². The molecule has 0 heterocycles. The molecule has 26 heavy (non-hydrogen) atoms. The molecular weight excluding hydrogens is 353 g/mol. The smallest absolute Gasteiger partial charge is 0.200 e.